The Balaban J connectivity index is 1.97. The highest BCUT2D eigenvalue weighted by Gasteiger charge is 2.32. The maximum atomic E-state index is 13.7. The molecule has 0 aliphatic rings. The predicted molar refractivity (Wildman–Crippen MR) is 137 cm³/mol. The molecule has 190 valence electrons. The van der Waals surface area contributed by atoms with Crippen LogP contribution in [0.1, 0.15) is 25.8 Å². The van der Waals surface area contributed by atoms with Crippen LogP contribution >= 0.6 is 0 Å². The first-order chi connectivity index (χ1) is 17.2. The summed E-state index contributed by atoms with van der Waals surface area (Å²) < 4.78 is 41.6. The molecule has 3 aromatic carbocycles. The Bertz CT molecular complexity index is 1250. The number of para-hydroxylation sites is 1. The molecular formula is C27H30FN3O4S. The molecule has 0 aliphatic heterocycles. The number of carbonyl (C=O) groups excluding carboxylic acids is 2. The van der Waals surface area contributed by atoms with Gasteiger partial charge in [-0.05, 0) is 55.3 Å². The zero-order chi connectivity index (χ0) is 26.1. The van der Waals surface area contributed by atoms with E-state index in [-0.39, 0.29) is 17.3 Å². The lowest BCUT2D eigenvalue weighted by Crippen LogP contribution is -2.51. The standard InChI is InChI=1S/C27H30FN3O4S/c1-3-18-29-27(33)21(2)30(19-22-14-16-23(28)17-15-22)26(32)20-31(24-10-6-4-7-11-24)36(34,35)25-12-8-5-9-13-25/h4-17,21H,3,18-20H2,1-2H3,(H,29,33)/t21-/m1/s1. The van der Waals surface area contributed by atoms with Crippen molar-refractivity contribution in [1.29, 1.82) is 0 Å². The molecule has 0 radical (unpaired) electrons. The summed E-state index contributed by atoms with van der Waals surface area (Å²) >= 11 is 0. The van der Waals surface area contributed by atoms with E-state index in [1.165, 1.54) is 41.3 Å². The van der Waals surface area contributed by atoms with Crippen LogP contribution in [0, 0.1) is 5.82 Å². The molecule has 0 aliphatic carbocycles. The van der Waals surface area contributed by atoms with E-state index in [4.69, 9.17) is 0 Å². The van der Waals surface area contributed by atoms with Gasteiger partial charge in [0.25, 0.3) is 10.0 Å². The van der Waals surface area contributed by atoms with Crippen LogP contribution in [0.3, 0.4) is 0 Å². The Kier molecular flexibility index (Phi) is 9.19. The molecule has 0 spiro atoms. The monoisotopic (exact) mass is 511 g/mol. The van der Waals surface area contributed by atoms with Crippen LogP contribution in [-0.2, 0) is 26.2 Å². The summed E-state index contributed by atoms with van der Waals surface area (Å²) in [5.41, 5.74) is 0.927. The van der Waals surface area contributed by atoms with Gasteiger partial charge in [0.15, 0.2) is 0 Å². The molecule has 3 aromatic rings. The van der Waals surface area contributed by atoms with Crippen molar-refractivity contribution in [3.05, 3.63) is 96.3 Å². The topological polar surface area (TPSA) is 86.8 Å². The molecule has 0 heterocycles. The second kappa shape index (κ2) is 12.3. The number of nitrogens with zero attached hydrogens (tertiary/aromatic N) is 2. The van der Waals surface area contributed by atoms with Crippen molar-refractivity contribution in [2.45, 2.75) is 37.8 Å². The van der Waals surface area contributed by atoms with Crippen LogP contribution in [0.25, 0.3) is 0 Å². The van der Waals surface area contributed by atoms with Gasteiger partial charge in [0, 0.05) is 13.1 Å². The average Bonchev–Trinajstić information content (AvgIpc) is 2.90. The molecule has 0 unspecified atom stereocenters. The highest BCUT2D eigenvalue weighted by molar-refractivity contribution is 7.92. The normalized spacial score (nSPS) is 12.0. The Hall–Kier alpha value is -3.72. The van der Waals surface area contributed by atoms with Gasteiger partial charge in [-0.2, -0.15) is 0 Å². The molecule has 36 heavy (non-hydrogen) atoms. The van der Waals surface area contributed by atoms with E-state index in [0.717, 1.165) is 10.7 Å². The van der Waals surface area contributed by atoms with Gasteiger partial charge in [-0.1, -0.05) is 55.5 Å². The molecule has 7 nitrogen and oxygen atoms in total. The third kappa shape index (κ3) is 6.69. The summed E-state index contributed by atoms with van der Waals surface area (Å²) in [5.74, 6) is -1.35. The van der Waals surface area contributed by atoms with E-state index < -0.39 is 34.3 Å². The number of anilines is 1. The van der Waals surface area contributed by atoms with Crippen molar-refractivity contribution < 1.29 is 22.4 Å². The highest BCUT2D eigenvalue weighted by atomic mass is 32.2. The molecule has 1 atom stereocenters. The number of benzene rings is 3. The van der Waals surface area contributed by atoms with Gasteiger partial charge in [0.1, 0.15) is 18.4 Å². The molecule has 2 amide bonds. The fourth-order valence-corrected chi connectivity index (χ4v) is 5.04. The molecule has 0 fully saturated rings. The zero-order valence-electron chi connectivity index (χ0n) is 20.3. The minimum absolute atomic E-state index is 0.00778. The Morgan fingerprint density at radius 3 is 2.08 bits per heavy atom. The van der Waals surface area contributed by atoms with Crippen LogP contribution < -0.4 is 9.62 Å². The van der Waals surface area contributed by atoms with Crippen molar-refractivity contribution in [3.8, 4) is 0 Å². The third-order valence-corrected chi connectivity index (χ3v) is 7.43. The van der Waals surface area contributed by atoms with E-state index >= 15 is 0 Å². The van der Waals surface area contributed by atoms with Gasteiger partial charge in [-0.3, -0.25) is 13.9 Å². The Morgan fingerprint density at radius 1 is 0.917 bits per heavy atom. The Labute approximate surface area is 211 Å². The maximum absolute atomic E-state index is 13.7. The number of amides is 2. The molecule has 1 N–H and O–H groups in total. The number of rotatable bonds is 11. The van der Waals surface area contributed by atoms with E-state index in [2.05, 4.69) is 5.32 Å². The number of sulfonamides is 1. The number of carbonyl (C=O) groups is 2. The molecule has 3 rings (SSSR count). The minimum atomic E-state index is -4.09. The van der Waals surface area contributed by atoms with Crippen molar-refractivity contribution >= 4 is 27.5 Å². The fourth-order valence-electron chi connectivity index (χ4n) is 3.61. The van der Waals surface area contributed by atoms with Crippen LogP contribution in [-0.4, -0.2) is 44.3 Å². The minimum Gasteiger partial charge on any atom is -0.354 e. The largest absolute Gasteiger partial charge is 0.354 e. The first-order valence-electron chi connectivity index (χ1n) is 11.7. The predicted octanol–water partition coefficient (Wildman–Crippen LogP) is 3.96. The van der Waals surface area contributed by atoms with E-state index in [9.17, 15) is 22.4 Å². The second-order valence-corrected chi connectivity index (χ2v) is 10.1. The van der Waals surface area contributed by atoms with E-state index in [0.29, 0.717) is 17.8 Å². The van der Waals surface area contributed by atoms with Crippen molar-refractivity contribution in [2.75, 3.05) is 17.4 Å². The number of nitrogens with one attached hydrogen (secondary N) is 1. The summed E-state index contributed by atoms with van der Waals surface area (Å²) in [7, 11) is -4.09. The summed E-state index contributed by atoms with van der Waals surface area (Å²) in [6.07, 6.45) is 0.724. The summed E-state index contributed by atoms with van der Waals surface area (Å²) in [6.45, 7) is 3.44. The third-order valence-electron chi connectivity index (χ3n) is 5.64. The smallest absolute Gasteiger partial charge is 0.264 e. The van der Waals surface area contributed by atoms with Gasteiger partial charge < -0.3 is 10.2 Å². The van der Waals surface area contributed by atoms with Crippen LogP contribution in [0.15, 0.2) is 89.8 Å². The van der Waals surface area contributed by atoms with Crippen LogP contribution in [0.2, 0.25) is 0 Å². The fraction of sp³-hybridized carbons (Fsp3) is 0.259. The maximum Gasteiger partial charge on any atom is 0.264 e. The van der Waals surface area contributed by atoms with E-state index in [1.807, 2.05) is 6.92 Å². The van der Waals surface area contributed by atoms with E-state index in [1.54, 1.807) is 55.5 Å². The van der Waals surface area contributed by atoms with Gasteiger partial charge in [0.2, 0.25) is 11.8 Å². The molecular weight excluding hydrogens is 481 g/mol. The van der Waals surface area contributed by atoms with Gasteiger partial charge in [-0.25, -0.2) is 12.8 Å². The number of hydrogen-bond acceptors (Lipinski definition) is 4. The summed E-state index contributed by atoms with van der Waals surface area (Å²) in [4.78, 5) is 27.8. The highest BCUT2D eigenvalue weighted by Crippen LogP contribution is 2.24. The molecule has 0 bridgehead atoms. The van der Waals surface area contributed by atoms with Crippen molar-refractivity contribution in [1.82, 2.24) is 10.2 Å². The van der Waals surface area contributed by atoms with Gasteiger partial charge >= 0.3 is 0 Å². The number of halogens is 1. The second-order valence-electron chi connectivity index (χ2n) is 8.28. The van der Waals surface area contributed by atoms with Crippen molar-refractivity contribution in [3.63, 3.8) is 0 Å². The molecule has 0 saturated carbocycles. The average molecular weight is 512 g/mol. The summed E-state index contributed by atoms with van der Waals surface area (Å²) in [5, 5.41) is 2.78. The molecule has 0 saturated heterocycles. The quantitative estimate of drug-likeness (QED) is 0.422. The molecule has 9 heteroatoms. The summed E-state index contributed by atoms with van der Waals surface area (Å²) in [6, 6.07) is 20.9. The molecule has 0 aromatic heterocycles. The lowest BCUT2D eigenvalue weighted by molar-refractivity contribution is -0.139. The first-order valence-corrected chi connectivity index (χ1v) is 13.1. The van der Waals surface area contributed by atoms with Crippen LogP contribution in [0.4, 0.5) is 10.1 Å². The SMILES string of the molecule is CCCNC(=O)[C@@H](C)N(Cc1ccc(F)cc1)C(=O)CN(c1ccccc1)S(=O)(=O)c1ccccc1. The van der Waals surface area contributed by atoms with Crippen LogP contribution in [0.5, 0.6) is 0 Å². The lowest BCUT2D eigenvalue weighted by Gasteiger charge is -2.32. The first kappa shape index (κ1) is 26.9. The van der Waals surface area contributed by atoms with Gasteiger partial charge in [-0.15, -0.1) is 0 Å². The van der Waals surface area contributed by atoms with Crippen molar-refractivity contribution in [2.24, 2.45) is 0 Å². The lowest BCUT2D eigenvalue weighted by atomic mass is 10.1. The van der Waals surface area contributed by atoms with Gasteiger partial charge in [0.05, 0.1) is 10.6 Å². The Morgan fingerprint density at radius 2 is 1.50 bits per heavy atom. The zero-order valence-corrected chi connectivity index (χ0v) is 21.1. The number of hydrogen-bond donors (Lipinski definition) is 1.